The quantitative estimate of drug-likeness (QED) is 0.621. The van der Waals surface area contributed by atoms with Crippen LogP contribution >= 0.6 is 0 Å². The van der Waals surface area contributed by atoms with Gasteiger partial charge >= 0.3 is 11.9 Å². The number of benzene rings is 1. The third kappa shape index (κ3) is 3.53. The fourth-order valence-electron chi connectivity index (χ4n) is 1.45. The number of halogens is 2. The third-order valence-electron chi connectivity index (χ3n) is 2.48. The second-order valence-electron chi connectivity index (χ2n) is 3.70. The van der Waals surface area contributed by atoms with Crippen LogP contribution in [0, 0.1) is 11.6 Å². The molecule has 20 heavy (non-hydrogen) atoms. The molecule has 5 nitrogen and oxygen atoms in total. The molecule has 1 rings (SSSR count). The van der Waals surface area contributed by atoms with E-state index in [1.807, 2.05) is 0 Å². The number of anilines is 1. The predicted molar refractivity (Wildman–Crippen MR) is 66.9 cm³/mol. The van der Waals surface area contributed by atoms with E-state index in [4.69, 9.17) is 0 Å². The van der Waals surface area contributed by atoms with E-state index in [2.05, 4.69) is 9.47 Å². The van der Waals surface area contributed by atoms with E-state index in [0.29, 0.717) is 6.07 Å². The second-order valence-corrected chi connectivity index (χ2v) is 3.70. The summed E-state index contributed by atoms with van der Waals surface area (Å²) in [6, 6.07) is 2.83. The number of likely N-dealkylation sites (N-methyl/N-ethyl adjacent to an activating group) is 1. The van der Waals surface area contributed by atoms with Gasteiger partial charge in [-0.2, -0.15) is 0 Å². The maximum absolute atomic E-state index is 13.7. The molecule has 108 valence electrons. The molecule has 0 N–H and O–H groups in total. The molecule has 1 aromatic carbocycles. The highest BCUT2D eigenvalue weighted by molar-refractivity contribution is 5.99. The van der Waals surface area contributed by atoms with Crippen molar-refractivity contribution in [2.75, 3.05) is 26.2 Å². The molecule has 0 radical (unpaired) electrons. The summed E-state index contributed by atoms with van der Waals surface area (Å²) < 4.78 is 35.5. The zero-order valence-corrected chi connectivity index (χ0v) is 11.1. The largest absolute Gasteiger partial charge is 0.466 e. The summed E-state index contributed by atoms with van der Waals surface area (Å²) in [5.41, 5.74) is -0.336. The van der Waals surface area contributed by atoms with Gasteiger partial charge in [0.25, 0.3) is 0 Å². The van der Waals surface area contributed by atoms with Crippen LogP contribution in [0.3, 0.4) is 0 Å². The van der Waals surface area contributed by atoms with E-state index < -0.39 is 23.6 Å². The molecule has 0 aliphatic carbocycles. The highest BCUT2D eigenvalue weighted by Gasteiger charge is 2.20. The van der Waals surface area contributed by atoms with E-state index >= 15 is 0 Å². The Morgan fingerprint density at radius 3 is 2.35 bits per heavy atom. The Morgan fingerprint density at radius 1 is 1.20 bits per heavy atom. The van der Waals surface area contributed by atoms with Gasteiger partial charge in [0.2, 0.25) is 0 Å². The fourth-order valence-corrected chi connectivity index (χ4v) is 1.45. The van der Waals surface area contributed by atoms with E-state index in [1.165, 1.54) is 7.05 Å². The third-order valence-corrected chi connectivity index (χ3v) is 2.48. The molecule has 0 aliphatic rings. The predicted octanol–water partition coefficient (Wildman–Crippen LogP) is 1.63. The van der Waals surface area contributed by atoms with Crippen LogP contribution in [0.25, 0.3) is 0 Å². The van der Waals surface area contributed by atoms with Gasteiger partial charge in [-0.15, -0.1) is 0 Å². The molecule has 0 saturated heterocycles. The highest BCUT2D eigenvalue weighted by Crippen LogP contribution is 2.22. The van der Waals surface area contributed by atoms with Crippen LogP contribution in [-0.2, 0) is 19.1 Å². The van der Waals surface area contributed by atoms with Crippen LogP contribution in [-0.4, -0.2) is 33.2 Å². The fraction of sp³-hybridized carbons (Fsp3) is 0.231. The van der Waals surface area contributed by atoms with E-state index in [-0.39, 0.29) is 11.4 Å². The van der Waals surface area contributed by atoms with Gasteiger partial charge in [0.05, 0.1) is 26.0 Å². The molecule has 0 fully saturated rings. The minimum Gasteiger partial charge on any atom is -0.466 e. The van der Waals surface area contributed by atoms with Gasteiger partial charge in [0.1, 0.15) is 17.3 Å². The number of nitrogens with zero attached hydrogens (tertiary/aromatic N) is 1. The van der Waals surface area contributed by atoms with Gasteiger partial charge < -0.3 is 14.4 Å². The van der Waals surface area contributed by atoms with Crippen LogP contribution in [0.4, 0.5) is 14.5 Å². The Kier molecular flexibility index (Phi) is 5.19. The van der Waals surface area contributed by atoms with E-state index in [0.717, 1.165) is 37.3 Å². The van der Waals surface area contributed by atoms with Crippen LogP contribution < -0.4 is 4.90 Å². The molecule has 0 unspecified atom stereocenters. The first-order chi connectivity index (χ1) is 9.40. The SMILES string of the molecule is COC(=O)/C=C(\C(=O)OC)N(C)c1ccc(F)cc1F. The molecule has 0 amide bonds. The Labute approximate surface area is 114 Å². The van der Waals surface area contributed by atoms with Crippen LogP contribution in [0.5, 0.6) is 0 Å². The molecule has 7 heteroatoms. The van der Waals surface area contributed by atoms with Crippen molar-refractivity contribution in [2.45, 2.75) is 0 Å². The maximum Gasteiger partial charge on any atom is 0.354 e. The lowest BCUT2D eigenvalue weighted by molar-refractivity contribution is -0.138. The summed E-state index contributed by atoms with van der Waals surface area (Å²) in [6.45, 7) is 0. The average Bonchev–Trinajstić information content (AvgIpc) is 2.42. The molecule has 0 saturated carbocycles. The Bertz CT molecular complexity index is 557. The minimum atomic E-state index is -0.882. The van der Waals surface area contributed by atoms with Gasteiger partial charge in [-0.05, 0) is 12.1 Å². The van der Waals surface area contributed by atoms with Crippen LogP contribution in [0.2, 0.25) is 0 Å². The monoisotopic (exact) mass is 285 g/mol. The molecule has 0 spiro atoms. The lowest BCUT2D eigenvalue weighted by Gasteiger charge is -2.21. The summed E-state index contributed by atoms with van der Waals surface area (Å²) in [6.07, 6.45) is 0.856. The minimum absolute atomic E-state index is 0.0908. The van der Waals surface area contributed by atoms with Gasteiger partial charge in [0, 0.05) is 13.1 Å². The lowest BCUT2D eigenvalue weighted by Crippen LogP contribution is -2.26. The van der Waals surface area contributed by atoms with Gasteiger partial charge in [0.15, 0.2) is 0 Å². The van der Waals surface area contributed by atoms with Crippen molar-refractivity contribution >= 4 is 17.6 Å². The number of hydrogen-bond donors (Lipinski definition) is 0. The Hall–Kier alpha value is -2.44. The second kappa shape index (κ2) is 6.65. The van der Waals surface area contributed by atoms with Crippen LogP contribution in [0.1, 0.15) is 0 Å². The Morgan fingerprint density at radius 2 is 1.85 bits per heavy atom. The first kappa shape index (κ1) is 15.6. The van der Waals surface area contributed by atoms with Crippen molar-refractivity contribution in [3.63, 3.8) is 0 Å². The summed E-state index contributed by atoms with van der Waals surface area (Å²) in [5, 5.41) is 0. The van der Waals surface area contributed by atoms with Gasteiger partial charge in [-0.25, -0.2) is 18.4 Å². The maximum atomic E-state index is 13.7. The first-order valence-corrected chi connectivity index (χ1v) is 5.47. The van der Waals surface area contributed by atoms with E-state index in [9.17, 15) is 18.4 Å². The molecule has 0 heterocycles. The van der Waals surface area contributed by atoms with Crippen LogP contribution in [0.15, 0.2) is 30.0 Å². The first-order valence-electron chi connectivity index (χ1n) is 5.47. The number of methoxy groups -OCH3 is 2. The van der Waals surface area contributed by atoms with E-state index in [1.54, 1.807) is 0 Å². The standard InChI is InChI=1S/C13H13F2NO4/c1-16(10-5-4-8(14)6-9(10)15)11(13(18)20-3)7-12(17)19-2/h4-7H,1-3H3/b11-7+. The smallest absolute Gasteiger partial charge is 0.354 e. The van der Waals surface area contributed by atoms with Gasteiger partial charge in [-0.3, -0.25) is 0 Å². The molecule has 0 aliphatic heterocycles. The summed E-state index contributed by atoms with van der Waals surface area (Å²) in [4.78, 5) is 23.9. The molecule has 0 bridgehead atoms. The summed E-state index contributed by atoms with van der Waals surface area (Å²) in [5.74, 6) is -3.30. The van der Waals surface area contributed by atoms with Crippen molar-refractivity contribution in [1.29, 1.82) is 0 Å². The molecule has 0 atom stereocenters. The average molecular weight is 285 g/mol. The topological polar surface area (TPSA) is 55.8 Å². The summed E-state index contributed by atoms with van der Waals surface area (Å²) in [7, 11) is 3.58. The number of hydrogen-bond acceptors (Lipinski definition) is 5. The number of ether oxygens (including phenoxy) is 2. The number of rotatable bonds is 4. The molecular weight excluding hydrogens is 272 g/mol. The number of carbonyl (C=O) groups is 2. The van der Waals surface area contributed by atoms with Crippen molar-refractivity contribution in [2.24, 2.45) is 0 Å². The molecular formula is C13H13F2NO4. The van der Waals surface area contributed by atoms with Crippen molar-refractivity contribution in [3.05, 3.63) is 41.6 Å². The van der Waals surface area contributed by atoms with Crippen molar-refractivity contribution in [3.8, 4) is 0 Å². The zero-order valence-electron chi connectivity index (χ0n) is 11.1. The van der Waals surface area contributed by atoms with Crippen molar-refractivity contribution in [1.82, 2.24) is 0 Å². The zero-order chi connectivity index (χ0) is 15.3. The Balaban J connectivity index is 3.23. The molecule has 0 aromatic heterocycles. The van der Waals surface area contributed by atoms with Gasteiger partial charge in [-0.1, -0.05) is 0 Å². The lowest BCUT2D eigenvalue weighted by atomic mass is 10.2. The summed E-state index contributed by atoms with van der Waals surface area (Å²) >= 11 is 0. The van der Waals surface area contributed by atoms with Crippen molar-refractivity contribution < 1.29 is 27.8 Å². The molecule has 1 aromatic rings. The normalized spacial score (nSPS) is 10.9. The number of esters is 2. The highest BCUT2D eigenvalue weighted by atomic mass is 19.1. The number of carbonyl (C=O) groups excluding carboxylic acids is 2.